The molecule has 0 aromatic carbocycles. The lowest BCUT2D eigenvalue weighted by Gasteiger charge is -2.41. The van der Waals surface area contributed by atoms with Crippen LogP contribution in [0.2, 0.25) is 18.1 Å². The van der Waals surface area contributed by atoms with Crippen LogP contribution >= 0.6 is 0 Å². The molecule has 27 heavy (non-hydrogen) atoms. The molecule has 0 amide bonds. The standard InChI is InChI=1S/C22H40O4Si/c1-16(2)20(24-7)14-18-13-17(3)11-10-12-19(21(15-23)25-18)26-27(8,9)22(4,5)6/h11,14,18-19,21,23H,1,10,12-13,15H2,2-9H3/b17-11-,20-14-/t18-,19-,21-/m1/s1. The second kappa shape index (κ2) is 10.1. The van der Waals surface area contributed by atoms with Crippen LogP contribution in [0.5, 0.6) is 0 Å². The van der Waals surface area contributed by atoms with Crippen LogP contribution in [0.1, 0.15) is 53.9 Å². The third kappa shape index (κ3) is 7.22. The molecule has 1 aliphatic rings. The Bertz CT molecular complexity index is 557. The van der Waals surface area contributed by atoms with E-state index in [0.29, 0.717) is 0 Å². The fourth-order valence-corrected chi connectivity index (χ4v) is 4.32. The van der Waals surface area contributed by atoms with Gasteiger partial charge in [-0.1, -0.05) is 39.0 Å². The van der Waals surface area contributed by atoms with Crippen molar-refractivity contribution in [2.24, 2.45) is 0 Å². The van der Waals surface area contributed by atoms with Crippen molar-refractivity contribution in [3.05, 3.63) is 35.6 Å². The highest BCUT2D eigenvalue weighted by molar-refractivity contribution is 6.74. The lowest BCUT2D eigenvalue weighted by atomic mass is 10.1. The highest BCUT2D eigenvalue weighted by Crippen LogP contribution is 2.38. The molecule has 0 saturated heterocycles. The molecule has 0 spiro atoms. The molecule has 5 heteroatoms. The average Bonchev–Trinajstić information content (AvgIpc) is 2.60. The Morgan fingerprint density at radius 3 is 2.52 bits per heavy atom. The zero-order valence-corrected chi connectivity index (χ0v) is 19.6. The molecule has 4 nitrogen and oxygen atoms in total. The molecule has 156 valence electrons. The van der Waals surface area contributed by atoms with E-state index in [1.807, 2.05) is 13.0 Å². The first-order valence-corrected chi connectivity index (χ1v) is 12.8. The number of aliphatic hydroxyl groups excluding tert-OH is 1. The summed E-state index contributed by atoms with van der Waals surface area (Å²) in [6, 6.07) is 0. The van der Waals surface area contributed by atoms with E-state index < -0.39 is 8.32 Å². The monoisotopic (exact) mass is 396 g/mol. The number of rotatable bonds is 6. The molecule has 1 N–H and O–H groups in total. The van der Waals surface area contributed by atoms with E-state index in [0.717, 1.165) is 30.6 Å². The van der Waals surface area contributed by atoms with Crippen molar-refractivity contribution in [2.75, 3.05) is 13.7 Å². The molecule has 0 fully saturated rings. The minimum atomic E-state index is -1.97. The summed E-state index contributed by atoms with van der Waals surface area (Å²) in [4.78, 5) is 0. The molecule has 0 aromatic rings. The second-order valence-electron chi connectivity index (χ2n) is 9.16. The van der Waals surface area contributed by atoms with Gasteiger partial charge in [-0.05, 0) is 62.9 Å². The summed E-state index contributed by atoms with van der Waals surface area (Å²) in [5, 5.41) is 10.2. The molecule has 0 unspecified atom stereocenters. The number of aliphatic hydroxyl groups is 1. The maximum Gasteiger partial charge on any atom is 0.192 e. The predicted octanol–water partition coefficient (Wildman–Crippen LogP) is 5.36. The van der Waals surface area contributed by atoms with E-state index in [2.05, 4.69) is 53.4 Å². The van der Waals surface area contributed by atoms with Crippen LogP contribution in [0.25, 0.3) is 0 Å². The van der Waals surface area contributed by atoms with Crippen LogP contribution in [0.4, 0.5) is 0 Å². The lowest BCUT2D eigenvalue weighted by molar-refractivity contribution is -0.0804. The van der Waals surface area contributed by atoms with Crippen LogP contribution in [0.3, 0.4) is 0 Å². The molecule has 3 atom stereocenters. The van der Waals surface area contributed by atoms with Gasteiger partial charge in [0.2, 0.25) is 0 Å². The molecule has 0 aromatic heterocycles. The first-order chi connectivity index (χ1) is 12.4. The summed E-state index contributed by atoms with van der Waals surface area (Å²) in [6.07, 6.45) is 6.11. The number of hydrogen-bond acceptors (Lipinski definition) is 4. The summed E-state index contributed by atoms with van der Waals surface area (Å²) in [5.74, 6) is 0.727. The van der Waals surface area contributed by atoms with Crippen molar-refractivity contribution in [2.45, 2.75) is 90.3 Å². The van der Waals surface area contributed by atoms with Crippen molar-refractivity contribution >= 4 is 8.32 Å². The Hall–Kier alpha value is -0.883. The zero-order valence-electron chi connectivity index (χ0n) is 18.6. The Labute approximate surface area is 167 Å². The zero-order chi connectivity index (χ0) is 20.8. The molecule has 0 saturated carbocycles. The molecular weight excluding hydrogens is 356 g/mol. The van der Waals surface area contributed by atoms with Gasteiger partial charge in [-0.2, -0.15) is 0 Å². The van der Waals surface area contributed by atoms with Crippen molar-refractivity contribution in [3.8, 4) is 0 Å². The summed E-state index contributed by atoms with van der Waals surface area (Å²) in [7, 11) is -0.323. The van der Waals surface area contributed by atoms with Crippen LogP contribution in [-0.4, -0.2) is 45.5 Å². The molecule has 0 aliphatic carbocycles. The minimum absolute atomic E-state index is 0.0575. The summed E-state index contributed by atoms with van der Waals surface area (Å²) < 4.78 is 18.5. The Kier molecular flexibility index (Phi) is 9.00. The van der Waals surface area contributed by atoms with Gasteiger partial charge >= 0.3 is 0 Å². The smallest absolute Gasteiger partial charge is 0.192 e. The molecule has 0 bridgehead atoms. The van der Waals surface area contributed by atoms with Crippen LogP contribution in [0, 0.1) is 0 Å². The third-order valence-electron chi connectivity index (χ3n) is 5.64. The van der Waals surface area contributed by atoms with Gasteiger partial charge in [0.1, 0.15) is 11.9 Å². The Morgan fingerprint density at radius 1 is 1.41 bits per heavy atom. The first kappa shape index (κ1) is 24.2. The molecular formula is C22H40O4Si. The van der Waals surface area contributed by atoms with E-state index in [9.17, 15) is 5.11 Å². The van der Waals surface area contributed by atoms with Gasteiger partial charge < -0.3 is 19.0 Å². The fourth-order valence-electron chi connectivity index (χ4n) is 2.94. The minimum Gasteiger partial charge on any atom is -0.497 e. The van der Waals surface area contributed by atoms with Gasteiger partial charge in [0, 0.05) is 0 Å². The normalized spacial score (nSPS) is 27.8. The molecule has 1 heterocycles. The van der Waals surface area contributed by atoms with Crippen LogP contribution in [0.15, 0.2) is 35.6 Å². The quantitative estimate of drug-likeness (QED) is 0.284. The van der Waals surface area contributed by atoms with Gasteiger partial charge in [-0.3, -0.25) is 0 Å². The Morgan fingerprint density at radius 2 is 2.04 bits per heavy atom. The number of ether oxygens (including phenoxy) is 2. The van der Waals surface area contributed by atoms with Gasteiger partial charge in [0.05, 0.1) is 25.9 Å². The van der Waals surface area contributed by atoms with E-state index >= 15 is 0 Å². The van der Waals surface area contributed by atoms with Gasteiger partial charge in [-0.15, -0.1) is 0 Å². The molecule has 1 rings (SSSR count). The summed E-state index contributed by atoms with van der Waals surface area (Å²) in [6.45, 7) is 19.1. The van der Waals surface area contributed by atoms with Gasteiger partial charge in [0.25, 0.3) is 0 Å². The fraction of sp³-hybridized carbons (Fsp3) is 0.727. The molecule has 0 radical (unpaired) electrons. The maximum absolute atomic E-state index is 10.1. The third-order valence-corrected chi connectivity index (χ3v) is 10.1. The van der Waals surface area contributed by atoms with Crippen LogP contribution in [-0.2, 0) is 13.9 Å². The highest BCUT2D eigenvalue weighted by Gasteiger charge is 2.41. The van der Waals surface area contributed by atoms with Crippen molar-refractivity contribution < 1.29 is 19.0 Å². The number of methoxy groups -OCH3 is 1. The van der Waals surface area contributed by atoms with Crippen molar-refractivity contribution in [1.29, 1.82) is 0 Å². The van der Waals surface area contributed by atoms with Gasteiger partial charge in [-0.25, -0.2) is 0 Å². The van der Waals surface area contributed by atoms with E-state index in [4.69, 9.17) is 13.9 Å². The number of hydrogen-bond donors (Lipinski definition) is 1. The van der Waals surface area contributed by atoms with Crippen molar-refractivity contribution in [3.63, 3.8) is 0 Å². The van der Waals surface area contributed by atoms with E-state index in [-0.39, 0.29) is 30.0 Å². The average molecular weight is 397 g/mol. The maximum atomic E-state index is 10.1. The number of allylic oxidation sites excluding steroid dienone is 2. The first-order valence-electron chi connectivity index (χ1n) is 9.92. The van der Waals surface area contributed by atoms with E-state index in [1.54, 1.807) is 7.11 Å². The lowest BCUT2D eigenvalue weighted by Crippen LogP contribution is -2.49. The topological polar surface area (TPSA) is 47.9 Å². The van der Waals surface area contributed by atoms with E-state index in [1.165, 1.54) is 5.57 Å². The predicted molar refractivity (Wildman–Crippen MR) is 115 cm³/mol. The second-order valence-corrected chi connectivity index (χ2v) is 13.9. The Balaban J connectivity index is 3.14. The summed E-state index contributed by atoms with van der Waals surface area (Å²) in [5.41, 5.74) is 2.13. The van der Waals surface area contributed by atoms with Gasteiger partial charge in [0.15, 0.2) is 8.32 Å². The van der Waals surface area contributed by atoms with Crippen molar-refractivity contribution in [1.82, 2.24) is 0 Å². The highest BCUT2D eigenvalue weighted by atomic mass is 28.4. The largest absolute Gasteiger partial charge is 0.497 e. The van der Waals surface area contributed by atoms with Crippen LogP contribution < -0.4 is 0 Å². The molecule has 1 aliphatic heterocycles. The summed E-state index contributed by atoms with van der Waals surface area (Å²) >= 11 is 0. The SMILES string of the molecule is C=C(C)/C(=C/[C@H]1C/C(C)=C\CC[C@@H](O[Si](C)(C)C(C)(C)C)[C@@H](CO)O1)OC.